The molecule has 0 spiro atoms. The van der Waals surface area contributed by atoms with Gasteiger partial charge in [-0.3, -0.25) is 0 Å². The minimum Gasteiger partial charge on any atom is -0.458 e. The van der Waals surface area contributed by atoms with Gasteiger partial charge in [-0.2, -0.15) is 0 Å². The van der Waals surface area contributed by atoms with Crippen molar-refractivity contribution in [2.24, 2.45) is 17.3 Å². The number of esters is 1. The van der Waals surface area contributed by atoms with E-state index in [1.54, 1.807) is 0 Å². The number of hydrogen-bond acceptors (Lipinski definition) is 2. The van der Waals surface area contributed by atoms with Crippen molar-refractivity contribution in [1.82, 2.24) is 0 Å². The Kier molecular flexibility index (Phi) is 2.26. The quantitative estimate of drug-likeness (QED) is 0.364. The van der Waals surface area contributed by atoms with Crippen LogP contribution in [-0.4, -0.2) is 12.1 Å². The maximum atomic E-state index is 11.6. The van der Waals surface area contributed by atoms with E-state index in [1.807, 2.05) is 0 Å². The smallest absolute Gasteiger partial charge is 0.334 e. The van der Waals surface area contributed by atoms with Crippen molar-refractivity contribution in [3.8, 4) is 0 Å². The summed E-state index contributed by atoms with van der Waals surface area (Å²) in [4.78, 5) is 11.6. The highest BCUT2D eigenvalue weighted by atomic mass is 16.6. The van der Waals surface area contributed by atoms with Crippen LogP contribution in [0.25, 0.3) is 0 Å². The van der Waals surface area contributed by atoms with E-state index in [2.05, 4.69) is 20.1 Å². The van der Waals surface area contributed by atoms with Gasteiger partial charge in [0.1, 0.15) is 6.10 Å². The van der Waals surface area contributed by atoms with Crippen LogP contribution in [0.15, 0.2) is 24.3 Å². The van der Waals surface area contributed by atoms with Gasteiger partial charge in [0, 0.05) is 11.5 Å². The Labute approximate surface area is 103 Å². The van der Waals surface area contributed by atoms with Gasteiger partial charge in [-0.1, -0.05) is 25.7 Å². The Morgan fingerprint density at radius 1 is 1.41 bits per heavy atom. The van der Waals surface area contributed by atoms with Gasteiger partial charge in [-0.05, 0) is 43.4 Å². The number of carbonyl (C=O) groups excluding carboxylic acids is 1. The molecule has 3 aliphatic rings. The molecule has 1 heterocycles. The average Bonchev–Trinajstić information content (AvgIpc) is 2.52. The summed E-state index contributed by atoms with van der Waals surface area (Å²) in [5.41, 5.74) is 2.36. The summed E-state index contributed by atoms with van der Waals surface area (Å²) in [6.07, 6.45) is 5.72. The lowest BCUT2D eigenvalue weighted by molar-refractivity contribution is -0.142. The van der Waals surface area contributed by atoms with Crippen LogP contribution < -0.4 is 0 Å². The Morgan fingerprint density at radius 2 is 2.18 bits per heavy atom. The fourth-order valence-electron chi connectivity index (χ4n) is 4.12. The molecule has 2 nitrogen and oxygen atoms in total. The van der Waals surface area contributed by atoms with E-state index in [1.165, 1.54) is 18.4 Å². The van der Waals surface area contributed by atoms with Crippen LogP contribution in [0, 0.1) is 17.3 Å². The van der Waals surface area contributed by atoms with Gasteiger partial charge in [0.2, 0.25) is 0 Å². The molecule has 0 N–H and O–H groups in total. The molecule has 3 fully saturated rings. The van der Waals surface area contributed by atoms with E-state index in [0.717, 1.165) is 19.3 Å². The molecule has 2 saturated carbocycles. The molecule has 0 bridgehead atoms. The van der Waals surface area contributed by atoms with E-state index < -0.39 is 0 Å². The fraction of sp³-hybridized carbons (Fsp3) is 0.667. The molecular formula is C15H20O2. The third kappa shape index (κ3) is 1.50. The normalized spacial score (nSPS) is 45.2. The molecule has 0 aromatic heterocycles. The Bertz CT molecular complexity index is 409. The summed E-state index contributed by atoms with van der Waals surface area (Å²) in [6.45, 7) is 10.5. The van der Waals surface area contributed by atoms with Crippen LogP contribution >= 0.6 is 0 Å². The molecule has 0 aromatic carbocycles. The molecule has 0 radical (unpaired) electrons. The van der Waals surface area contributed by atoms with Gasteiger partial charge in [-0.15, -0.1) is 0 Å². The van der Waals surface area contributed by atoms with E-state index in [4.69, 9.17) is 4.74 Å². The largest absolute Gasteiger partial charge is 0.458 e. The Morgan fingerprint density at radius 3 is 2.94 bits per heavy atom. The number of rotatable bonds is 0. The third-order valence-corrected chi connectivity index (χ3v) is 5.15. The summed E-state index contributed by atoms with van der Waals surface area (Å²) in [7, 11) is 0. The molecule has 2 aliphatic carbocycles. The van der Waals surface area contributed by atoms with Crippen molar-refractivity contribution < 1.29 is 9.53 Å². The summed E-state index contributed by atoms with van der Waals surface area (Å²) >= 11 is 0. The second kappa shape index (κ2) is 3.47. The lowest BCUT2D eigenvalue weighted by Gasteiger charge is -2.49. The van der Waals surface area contributed by atoms with Crippen molar-refractivity contribution in [1.29, 1.82) is 0 Å². The molecule has 2 unspecified atom stereocenters. The lowest BCUT2D eigenvalue weighted by atomic mass is 9.56. The van der Waals surface area contributed by atoms with Crippen molar-refractivity contribution in [3.05, 3.63) is 24.3 Å². The number of carbonyl (C=O) groups is 1. The number of allylic oxidation sites excluding steroid dienone is 1. The van der Waals surface area contributed by atoms with Gasteiger partial charge in [0.25, 0.3) is 0 Å². The molecule has 17 heavy (non-hydrogen) atoms. The van der Waals surface area contributed by atoms with Crippen molar-refractivity contribution >= 4 is 5.97 Å². The van der Waals surface area contributed by atoms with E-state index >= 15 is 0 Å². The van der Waals surface area contributed by atoms with Crippen molar-refractivity contribution in [3.63, 3.8) is 0 Å². The minimum absolute atomic E-state index is 0.0853. The highest BCUT2D eigenvalue weighted by Gasteiger charge is 2.52. The number of hydrogen-bond donors (Lipinski definition) is 0. The van der Waals surface area contributed by atoms with Crippen molar-refractivity contribution in [2.45, 2.75) is 45.1 Å². The third-order valence-electron chi connectivity index (χ3n) is 5.15. The zero-order valence-corrected chi connectivity index (χ0v) is 10.5. The Hall–Kier alpha value is -1.05. The van der Waals surface area contributed by atoms with E-state index in [0.29, 0.717) is 16.9 Å². The SMILES string of the molecule is C=C1CCC[C@]2(C)CC3OC(=O)C(=C)[C@H]3CC12. The number of ether oxygens (including phenoxy) is 1. The second-order valence-corrected chi connectivity index (χ2v) is 6.23. The summed E-state index contributed by atoms with van der Waals surface area (Å²) in [5.74, 6) is 0.632. The predicted molar refractivity (Wildman–Crippen MR) is 66.3 cm³/mol. The topological polar surface area (TPSA) is 26.3 Å². The van der Waals surface area contributed by atoms with Gasteiger partial charge in [-0.25, -0.2) is 4.79 Å². The van der Waals surface area contributed by atoms with Gasteiger partial charge in [0.15, 0.2) is 0 Å². The average molecular weight is 232 g/mol. The zero-order chi connectivity index (χ0) is 12.2. The monoisotopic (exact) mass is 232 g/mol. The number of fused-ring (bicyclic) bond motifs is 2. The molecule has 1 aliphatic heterocycles. The van der Waals surface area contributed by atoms with E-state index in [-0.39, 0.29) is 18.0 Å². The molecule has 0 amide bonds. The van der Waals surface area contributed by atoms with Gasteiger partial charge < -0.3 is 4.74 Å². The first-order chi connectivity index (χ1) is 8.01. The molecule has 92 valence electrons. The molecule has 0 aromatic rings. The zero-order valence-electron chi connectivity index (χ0n) is 10.5. The first-order valence-electron chi connectivity index (χ1n) is 6.59. The van der Waals surface area contributed by atoms with E-state index in [9.17, 15) is 4.79 Å². The van der Waals surface area contributed by atoms with Crippen LogP contribution in [0.3, 0.4) is 0 Å². The van der Waals surface area contributed by atoms with Crippen molar-refractivity contribution in [2.75, 3.05) is 0 Å². The van der Waals surface area contributed by atoms with Crippen LogP contribution in [0.4, 0.5) is 0 Å². The van der Waals surface area contributed by atoms with Crippen LogP contribution in [-0.2, 0) is 9.53 Å². The highest BCUT2D eigenvalue weighted by Crippen LogP contribution is 2.56. The summed E-state index contributed by atoms with van der Waals surface area (Å²) in [6, 6.07) is 0. The fourth-order valence-corrected chi connectivity index (χ4v) is 4.12. The molecule has 1 saturated heterocycles. The molecule has 4 atom stereocenters. The maximum absolute atomic E-state index is 11.6. The van der Waals surface area contributed by atoms with Crippen LogP contribution in [0.1, 0.15) is 39.0 Å². The van der Waals surface area contributed by atoms with Crippen LogP contribution in [0.5, 0.6) is 0 Å². The highest BCUT2D eigenvalue weighted by molar-refractivity contribution is 5.90. The van der Waals surface area contributed by atoms with Crippen LogP contribution in [0.2, 0.25) is 0 Å². The minimum atomic E-state index is -0.173. The Balaban J connectivity index is 1.91. The lowest BCUT2D eigenvalue weighted by Crippen LogP contribution is -2.43. The molecule has 2 heteroatoms. The second-order valence-electron chi connectivity index (χ2n) is 6.23. The first-order valence-corrected chi connectivity index (χ1v) is 6.59. The molecular weight excluding hydrogens is 212 g/mol. The standard InChI is InChI=1S/C15H20O2/c1-9-5-4-6-15(3)8-13-11(7-12(9)15)10(2)14(16)17-13/h11-13H,1-2,4-8H2,3H3/t11-,12?,13?,15-/m1/s1. The maximum Gasteiger partial charge on any atom is 0.334 e. The van der Waals surface area contributed by atoms with Gasteiger partial charge >= 0.3 is 5.97 Å². The summed E-state index contributed by atoms with van der Waals surface area (Å²) in [5, 5.41) is 0. The first kappa shape index (κ1) is 11.1. The molecule has 3 rings (SSSR count). The predicted octanol–water partition coefficient (Wildman–Crippen LogP) is 3.24. The van der Waals surface area contributed by atoms with Gasteiger partial charge in [0.05, 0.1) is 0 Å². The summed E-state index contributed by atoms with van der Waals surface area (Å²) < 4.78 is 5.46.